The van der Waals surface area contributed by atoms with Crippen LogP contribution in [0.3, 0.4) is 0 Å². The van der Waals surface area contributed by atoms with E-state index in [1.165, 1.54) is 12.8 Å². The summed E-state index contributed by atoms with van der Waals surface area (Å²) in [5.74, 6) is 2.01. The zero-order valence-corrected chi connectivity index (χ0v) is 8.50. The highest BCUT2D eigenvalue weighted by Gasteiger charge is 2.29. The number of pyridine rings is 1. The average Bonchev–Trinajstić information content (AvgIpc) is 3.00. The average molecular weight is 193 g/mol. The van der Waals surface area contributed by atoms with Crippen LogP contribution in [-0.2, 0) is 0 Å². The Hall–Kier alpha value is -1.45. The minimum Gasteiger partial charge on any atom is -0.481 e. The summed E-state index contributed by atoms with van der Waals surface area (Å²) in [4.78, 5) is 4.32. The number of nitrogens with one attached hydrogen (secondary N) is 1. The number of aromatic nitrogens is 1. The van der Waals surface area contributed by atoms with Gasteiger partial charge in [0.1, 0.15) is 5.82 Å². The Morgan fingerprint density at radius 3 is 2.79 bits per heavy atom. The molecular weight excluding hydrogens is 178 g/mol. The second kappa shape index (κ2) is 3.36. The predicted molar refractivity (Wildman–Crippen MR) is 56.7 cm³/mol. The van der Waals surface area contributed by atoms with Gasteiger partial charge < -0.3 is 15.8 Å². The number of ether oxygens (including phenoxy) is 1. The van der Waals surface area contributed by atoms with E-state index in [4.69, 9.17) is 10.5 Å². The number of hydrogen-bond donors (Lipinski definition) is 2. The van der Waals surface area contributed by atoms with Gasteiger partial charge in [-0.15, -0.1) is 0 Å². The quantitative estimate of drug-likeness (QED) is 0.765. The summed E-state index contributed by atoms with van der Waals surface area (Å²) in [7, 11) is 3.45. The molecule has 1 aromatic heterocycles. The van der Waals surface area contributed by atoms with Gasteiger partial charge in [0.25, 0.3) is 0 Å². The Balaban J connectivity index is 2.46. The summed E-state index contributed by atoms with van der Waals surface area (Å²) >= 11 is 0. The van der Waals surface area contributed by atoms with Crippen molar-refractivity contribution in [3.63, 3.8) is 0 Å². The molecule has 1 aliphatic carbocycles. The van der Waals surface area contributed by atoms with Crippen LogP contribution in [0.4, 0.5) is 11.5 Å². The Morgan fingerprint density at radius 2 is 2.29 bits per heavy atom. The maximum absolute atomic E-state index is 5.95. The van der Waals surface area contributed by atoms with Crippen LogP contribution in [-0.4, -0.2) is 19.1 Å². The van der Waals surface area contributed by atoms with Crippen LogP contribution in [0.5, 0.6) is 5.88 Å². The summed E-state index contributed by atoms with van der Waals surface area (Å²) in [6, 6.07) is 1.79. The molecule has 14 heavy (non-hydrogen) atoms. The van der Waals surface area contributed by atoms with Crippen molar-refractivity contribution < 1.29 is 4.74 Å². The maximum atomic E-state index is 5.95. The molecule has 1 saturated carbocycles. The topological polar surface area (TPSA) is 60.2 Å². The fourth-order valence-corrected chi connectivity index (χ4v) is 1.65. The zero-order valence-electron chi connectivity index (χ0n) is 8.50. The smallest absolute Gasteiger partial charge is 0.217 e. The SMILES string of the molecule is CNc1nc(OC)cc(N)c1C1CC1. The third-order valence-corrected chi connectivity index (χ3v) is 2.50. The van der Waals surface area contributed by atoms with Crippen LogP contribution in [0.25, 0.3) is 0 Å². The molecule has 0 saturated heterocycles. The summed E-state index contributed by atoms with van der Waals surface area (Å²) in [5, 5.41) is 3.06. The van der Waals surface area contributed by atoms with E-state index in [1.54, 1.807) is 13.2 Å². The maximum Gasteiger partial charge on any atom is 0.217 e. The highest BCUT2D eigenvalue weighted by Crippen LogP contribution is 2.46. The summed E-state index contributed by atoms with van der Waals surface area (Å²) in [6.45, 7) is 0. The highest BCUT2D eigenvalue weighted by molar-refractivity contribution is 5.64. The highest BCUT2D eigenvalue weighted by atomic mass is 16.5. The molecule has 0 radical (unpaired) electrons. The first-order valence-electron chi connectivity index (χ1n) is 4.78. The van der Waals surface area contributed by atoms with Crippen molar-refractivity contribution in [3.05, 3.63) is 11.6 Å². The van der Waals surface area contributed by atoms with Crippen LogP contribution in [0.2, 0.25) is 0 Å². The van der Waals surface area contributed by atoms with Gasteiger partial charge in [0, 0.05) is 24.4 Å². The summed E-state index contributed by atoms with van der Waals surface area (Å²) in [6.07, 6.45) is 2.43. The van der Waals surface area contributed by atoms with E-state index in [0.29, 0.717) is 11.8 Å². The van der Waals surface area contributed by atoms with Crippen LogP contribution in [0, 0.1) is 0 Å². The fraction of sp³-hybridized carbons (Fsp3) is 0.500. The van der Waals surface area contributed by atoms with Crippen molar-refractivity contribution in [3.8, 4) is 5.88 Å². The van der Waals surface area contributed by atoms with E-state index in [1.807, 2.05) is 7.05 Å². The molecule has 4 heteroatoms. The summed E-state index contributed by atoms with van der Waals surface area (Å²) in [5.41, 5.74) is 7.88. The first-order valence-corrected chi connectivity index (χ1v) is 4.78. The van der Waals surface area contributed by atoms with Crippen LogP contribution < -0.4 is 15.8 Å². The first kappa shape index (κ1) is 9.12. The molecule has 0 aliphatic heterocycles. The largest absolute Gasteiger partial charge is 0.481 e. The molecule has 0 bridgehead atoms. The number of nitrogens with zero attached hydrogens (tertiary/aromatic N) is 1. The number of anilines is 2. The van der Waals surface area contributed by atoms with Gasteiger partial charge in [-0.05, 0) is 18.8 Å². The monoisotopic (exact) mass is 193 g/mol. The van der Waals surface area contributed by atoms with E-state index >= 15 is 0 Å². The Kier molecular flexibility index (Phi) is 2.19. The van der Waals surface area contributed by atoms with Gasteiger partial charge in [-0.1, -0.05) is 0 Å². The lowest BCUT2D eigenvalue weighted by Gasteiger charge is -2.11. The van der Waals surface area contributed by atoms with Gasteiger partial charge in [-0.3, -0.25) is 0 Å². The third-order valence-electron chi connectivity index (χ3n) is 2.50. The van der Waals surface area contributed by atoms with E-state index in [2.05, 4.69) is 10.3 Å². The van der Waals surface area contributed by atoms with Crippen LogP contribution >= 0.6 is 0 Å². The third kappa shape index (κ3) is 1.47. The minimum absolute atomic E-state index is 0.566. The molecule has 0 aromatic carbocycles. The van der Waals surface area contributed by atoms with Gasteiger partial charge in [-0.2, -0.15) is 4.98 Å². The van der Waals surface area contributed by atoms with Gasteiger partial charge >= 0.3 is 0 Å². The number of methoxy groups -OCH3 is 1. The van der Waals surface area contributed by atoms with Crippen LogP contribution in [0.1, 0.15) is 24.3 Å². The number of hydrogen-bond acceptors (Lipinski definition) is 4. The molecule has 0 spiro atoms. The Bertz CT molecular complexity index is 347. The molecule has 1 aliphatic rings. The number of nitrogens with two attached hydrogens (primary N) is 1. The lowest BCUT2D eigenvalue weighted by atomic mass is 10.1. The fourth-order valence-electron chi connectivity index (χ4n) is 1.65. The molecule has 0 amide bonds. The lowest BCUT2D eigenvalue weighted by molar-refractivity contribution is 0.398. The van der Waals surface area contributed by atoms with Gasteiger partial charge in [0.15, 0.2) is 0 Å². The van der Waals surface area contributed by atoms with E-state index in [-0.39, 0.29) is 0 Å². The number of nitrogen functional groups attached to an aromatic ring is 1. The van der Waals surface area contributed by atoms with Crippen LogP contribution in [0.15, 0.2) is 6.07 Å². The lowest BCUT2D eigenvalue weighted by Crippen LogP contribution is -2.03. The van der Waals surface area contributed by atoms with Crippen molar-refractivity contribution in [2.75, 3.05) is 25.2 Å². The molecule has 1 aromatic rings. The van der Waals surface area contributed by atoms with Crippen molar-refractivity contribution in [1.82, 2.24) is 4.98 Å². The molecule has 1 heterocycles. The second-order valence-electron chi connectivity index (χ2n) is 3.54. The van der Waals surface area contributed by atoms with Gasteiger partial charge in [-0.25, -0.2) is 0 Å². The van der Waals surface area contributed by atoms with Gasteiger partial charge in [0.05, 0.1) is 7.11 Å². The molecule has 76 valence electrons. The molecule has 0 atom stereocenters. The van der Waals surface area contributed by atoms with Crippen molar-refractivity contribution in [1.29, 1.82) is 0 Å². The summed E-state index contributed by atoms with van der Waals surface area (Å²) < 4.78 is 5.06. The Morgan fingerprint density at radius 1 is 1.57 bits per heavy atom. The van der Waals surface area contributed by atoms with Gasteiger partial charge in [0.2, 0.25) is 5.88 Å². The van der Waals surface area contributed by atoms with E-state index in [9.17, 15) is 0 Å². The zero-order chi connectivity index (χ0) is 10.1. The van der Waals surface area contributed by atoms with Crippen molar-refractivity contribution >= 4 is 11.5 Å². The molecule has 2 rings (SSSR count). The Labute approximate surface area is 83.5 Å². The minimum atomic E-state index is 0.566. The molecule has 3 N–H and O–H groups in total. The predicted octanol–water partition coefficient (Wildman–Crippen LogP) is 1.59. The number of rotatable bonds is 3. The van der Waals surface area contributed by atoms with E-state index < -0.39 is 0 Å². The van der Waals surface area contributed by atoms with E-state index in [0.717, 1.165) is 17.1 Å². The van der Waals surface area contributed by atoms with Crippen molar-refractivity contribution in [2.24, 2.45) is 0 Å². The second-order valence-corrected chi connectivity index (χ2v) is 3.54. The standard InChI is InChI=1S/C10H15N3O/c1-12-10-9(6-3-4-6)7(11)5-8(13-10)14-2/h5-6H,3-4H2,1-2H3,(H3,11,12,13). The molecule has 4 nitrogen and oxygen atoms in total. The normalized spacial score (nSPS) is 15.3. The molecule has 0 unspecified atom stereocenters. The molecule has 1 fully saturated rings. The van der Waals surface area contributed by atoms with Crippen molar-refractivity contribution in [2.45, 2.75) is 18.8 Å². The molecular formula is C10H15N3O. The first-order chi connectivity index (χ1) is 6.76.